The highest BCUT2D eigenvalue weighted by Gasteiger charge is 2.20. The van der Waals surface area contributed by atoms with Gasteiger partial charge in [-0.2, -0.15) is 0 Å². The maximum Gasteiger partial charge on any atom is 0.341 e. The second kappa shape index (κ2) is 4.84. The Hall–Kier alpha value is -1.17. The van der Waals surface area contributed by atoms with Gasteiger partial charge in [0, 0.05) is 5.39 Å². The Labute approximate surface area is 120 Å². The number of nitrogens with zero attached hydrogens (tertiary/aromatic N) is 1. The number of carbonyl (C=O) groups excluding carboxylic acids is 1. The van der Waals surface area contributed by atoms with Gasteiger partial charge in [0.05, 0.1) is 11.1 Å². The third-order valence-electron chi connectivity index (χ3n) is 2.30. The first kappa shape index (κ1) is 13.3. The quantitative estimate of drug-likeness (QED) is 0.444. The van der Waals surface area contributed by atoms with Crippen molar-refractivity contribution in [3.05, 3.63) is 39.6 Å². The summed E-state index contributed by atoms with van der Waals surface area (Å²) in [6.07, 6.45) is 0. The van der Waals surface area contributed by atoms with Crippen molar-refractivity contribution in [1.29, 1.82) is 0 Å². The van der Waals surface area contributed by atoms with E-state index in [2.05, 4.69) is 27.6 Å². The number of para-hydroxylation sites is 1. The summed E-state index contributed by atoms with van der Waals surface area (Å²) in [5.74, 6) is -0.329. The number of hydrogen-bond donors (Lipinski definition) is 0. The summed E-state index contributed by atoms with van der Waals surface area (Å²) in [6, 6.07) is 9.55. The number of aromatic nitrogens is 1. The van der Waals surface area contributed by atoms with Crippen molar-refractivity contribution in [2.75, 3.05) is 0 Å². The maximum atomic E-state index is 12.1. The van der Waals surface area contributed by atoms with Crippen LogP contribution in [-0.2, 0) is 4.74 Å². The number of fused-ring (bicyclic) bond motifs is 1. The average molecular weight is 355 g/mol. The van der Waals surface area contributed by atoms with Gasteiger partial charge in [0.2, 0.25) is 0 Å². The van der Waals surface area contributed by atoms with Gasteiger partial charge >= 0.3 is 5.97 Å². The molecule has 0 radical (unpaired) electrons. The van der Waals surface area contributed by atoms with Crippen LogP contribution in [0.25, 0.3) is 10.9 Å². The van der Waals surface area contributed by atoms with Crippen molar-refractivity contribution in [3.8, 4) is 0 Å². The SMILES string of the molecule is CC(C)(C)OC(=O)c1cc2ccccc2nc1I. The van der Waals surface area contributed by atoms with Gasteiger partial charge in [-0.1, -0.05) is 18.2 Å². The second-order valence-electron chi connectivity index (χ2n) is 5.02. The number of benzene rings is 1. The second-order valence-corrected chi connectivity index (χ2v) is 6.04. The van der Waals surface area contributed by atoms with Crippen molar-refractivity contribution in [3.63, 3.8) is 0 Å². The zero-order valence-electron chi connectivity index (χ0n) is 10.5. The van der Waals surface area contributed by atoms with Gasteiger partial charge in [-0.3, -0.25) is 0 Å². The summed E-state index contributed by atoms with van der Waals surface area (Å²) < 4.78 is 6.04. The van der Waals surface area contributed by atoms with E-state index in [1.165, 1.54) is 0 Å². The Morgan fingerprint density at radius 2 is 1.94 bits per heavy atom. The summed E-state index contributed by atoms with van der Waals surface area (Å²) >= 11 is 2.06. The predicted octanol–water partition coefficient (Wildman–Crippen LogP) is 3.79. The lowest BCUT2D eigenvalue weighted by Gasteiger charge is -2.19. The molecule has 0 aliphatic heterocycles. The predicted molar refractivity (Wildman–Crippen MR) is 79.6 cm³/mol. The lowest BCUT2D eigenvalue weighted by Crippen LogP contribution is -2.24. The molecule has 94 valence electrons. The van der Waals surface area contributed by atoms with Gasteiger partial charge in [-0.25, -0.2) is 9.78 Å². The molecule has 0 spiro atoms. The lowest BCUT2D eigenvalue weighted by atomic mass is 10.1. The minimum Gasteiger partial charge on any atom is -0.456 e. The molecule has 3 nitrogen and oxygen atoms in total. The molecule has 1 aromatic carbocycles. The van der Waals surface area contributed by atoms with Crippen LogP contribution >= 0.6 is 22.6 Å². The molecule has 2 rings (SSSR count). The fourth-order valence-corrected chi connectivity index (χ4v) is 2.20. The molecule has 0 bridgehead atoms. The molecule has 18 heavy (non-hydrogen) atoms. The monoisotopic (exact) mass is 355 g/mol. The Morgan fingerprint density at radius 1 is 1.28 bits per heavy atom. The summed E-state index contributed by atoms with van der Waals surface area (Å²) in [7, 11) is 0. The molecule has 4 heteroatoms. The van der Waals surface area contributed by atoms with Crippen LogP contribution < -0.4 is 0 Å². The Morgan fingerprint density at radius 3 is 2.61 bits per heavy atom. The minimum atomic E-state index is -0.494. The third-order valence-corrected chi connectivity index (χ3v) is 3.12. The first-order valence-corrected chi connectivity index (χ1v) is 6.73. The number of carbonyl (C=O) groups is 1. The summed E-state index contributed by atoms with van der Waals surface area (Å²) in [4.78, 5) is 16.5. The number of halogens is 1. The molecule has 0 fully saturated rings. The van der Waals surface area contributed by atoms with Crippen molar-refractivity contribution in [2.24, 2.45) is 0 Å². The molecule has 0 saturated heterocycles. The minimum absolute atomic E-state index is 0.329. The third kappa shape index (κ3) is 2.98. The lowest BCUT2D eigenvalue weighted by molar-refractivity contribution is 0.00680. The number of esters is 1. The van der Waals surface area contributed by atoms with E-state index in [1.54, 1.807) is 0 Å². The van der Waals surface area contributed by atoms with Crippen molar-refractivity contribution >= 4 is 39.5 Å². The summed E-state index contributed by atoms with van der Waals surface area (Å²) in [5.41, 5.74) is 0.907. The molecule has 0 atom stereocenters. The molecule has 0 aliphatic carbocycles. The molecule has 0 unspecified atom stereocenters. The Bertz CT molecular complexity index is 602. The number of ether oxygens (including phenoxy) is 1. The Kier molecular flexibility index (Phi) is 3.56. The molecule has 1 aromatic heterocycles. The van der Waals surface area contributed by atoms with Gasteiger partial charge in [0.25, 0.3) is 0 Å². The smallest absolute Gasteiger partial charge is 0.341 e. The number of rotatable bonds is 1. The fraction of sp³-hybridized carbons (Fsp3) is 0.286. The first-order valence-electron chi connectivity index (χ1n) is 5.65. The molecule has 1 heterocycles. The number of hydrogen-bond acceptors (Lipinski definition) is 3. The van der Waals surface area contributed by atoms with E-state index >= 15 is 0 Å². The van der Waals surface area contributed by atoms with Crippen LogP contribution in [0.4, 0.5) is 0 Å². The molecular weight excluding hydrogens is 341 g/mol. The van der Waals surface area contributed by atoms with Gasteiger partial charge in [-0.05, 0) is 55.5 Å². The van der Waals surface area contributed by atoms with Crippen LogP contribution in [0.3, 0.4) is 0 Å². The molecular formula is C14H14INO2. The van der Waals surface area contributed by atoms with Crippen LogP contribution in [-0.4, -0.2) is 16.6 Å². The van der Waals surface area contributed by atoms with Crippen molar-refractivity contribution < 1.29 is 9.53 Å². The highest BCUT2D eigenvalue weighted by Crippen LogP contribution is 2.20. The molecule has 2 aromatic rings. The van der Waals surface area contributed by atoms with Crippen LogP contribution in [0, 0.1) is 3.70 Å². The van der Waals surface area contributed by atoms with E-state index in [4.69, 9.17) is 4.74 Å². The van der Waals surface area contributed by atoms with Gasteiger partial charge in [0.1, 0.15) is 9.30 Å². The van der Waals surface area contributed by atoms with Gasteiger partial charge < -0.3 is 4.74 Å². The van der Waals surface area contributed by atoms with Gasteiger partial charge in [0.15, 0.2) is 0 Å². The fourth-order valence-electron chi connectivity index (χ4n) is 1.57. The Balaban J connectivity index is 2.45. The van der Waals surface area contributed by atoms with Crippen LogP contribution in [0.1, 0.15) is 31.1 Å². The van der Waals surface area contributed by atoms with E-state index in [0.29, 0.717) is 9.26 Å². The normalized spacial score (nSPS) is 11.6. The van der Waals surface area contributed by atoms with E-state index in [1.807, 2.05) is 51.1 Å². The van der Waals surface area contributed by atoms with E-state index in [-0.39, 0.29) is 5.97 Å². The molecule has 0 aliphatic rings. The number of pyridine rings is 1. The van der Waals surface area contributed by atoms with E-state index in [9.17, 15) is 4.79 Å². The largest absolute Gasteiger partial charge is 0.456 e. The van der Waals surface area contributed by atoms with Crippen LogP contribution in [0.15, 0.2) is 30.3 Å². The average Bonchev–Trinajstić information content (AvgIpc) is 2.25. The maximum absolute atomic E-state index is 12.1. The zero-order valence-corrected chi connectivity index (χ0v) is 12.7. The van der Waals surface area contributed by atoms with E-state index in [0.717, 1.165) is 10.9 Å². The topological polar surface area (TPSA) is 39.2 Å². The highest BCUT2D eigenvalue weighted by molar-refractivity contribution is 14.1. The van der Waals surface area contributed by atoms with Crippen molar-refractivity contribution in [2.45, 2.75) is 26.4 Å². The highest BCUT2D eigenvalue weighted by atomic mass is 127. The first-order chi connectivity index (χ1) is 8.37. The van der Waals surface area contributed by atoms with Crippen LogP contribution in [0.5, 0.6) is 0 Å². The summed E-state index contributed by atoms with van der Waals surface area (Å²) in [5, 5.41) is 0.943. The molecule has 0 amide bonds. The summed E-state index contributed by atoms with van der Waals surface area (Å²) in [6.45, 7) is 5.56. The van der Waals surface area contributed by atoms with Gasteiger partial charge in [-0.15, -0.1) is 0 Å². The van der Waals surface area contributed by atoms with E-state index < -0.39 is 5.60 Å². The molecule has 0 saturated carbocycles. The van der Waals surface area contributed by atoms with Crippen molar-refractivity contribution in [1.82, 2.24) is 4.98 Å². The zero-order chi connectivity index (χ0) is 13.3. The molecule has 0 N–H and O–H groups in total. The van der Waals surface area contributed by atoms with Crippen LogP contribution in [0.2, 0.25) is 0 Å². The standard InChI is InChI=1S/C14H14INO2/c1-14(2,3)18-13(17)10-8-9-6-4-5-7-11(9)16-12(10)15/h4-8H,1-3H3.